The number of aliphatic hydroxyl groups is 1. The van der Waals surface area contributed by atoms with Gasteiger partial charge in [-0.05, 0) is 13.3 Å². The number of imidazole rings is 1. The Labute approximate surface area is 154 Å². The molecular formula is C15H24N6O6. The van der Waals surface area contributed by atoms with Crippen LogP contribution >= 0.6 is 0 Å². The number of fused-ring (bicyclic) bond motifs is 1. The van der Waals surface area contributed by atoms with Crippen LogP contribution in [0.3, 0.4) is 0 Å². The highest BCUT2D eigenvalue weighted by Crippen LogP contribution is 2.35. The predicted octanol–water partition coefficient (Wildman–Crippen LogP) is -0.813. The number of nitrogens with zero attached hydrogens (tertiary/aromatic N) is 3. The maximum absolute atomic E-state index is 11.7. The second-order valence-electron chi connectivity index (χ2n) is 6.91. The second kappa shape index (κ2) is 7.60. The number of nitrogens with two attached hydrogens (primary N) is 2. The Bertz CT molecular complexity index is 875. The van der Waals surface area contributed by atoms with E-state index >= 15 is 0 Å². The maximum Gasteiger partial charge on any atom is 0.351 e. The van der Waals surface area contributed by atoms with E-state index in [4.69, 9.17) is 20.9 Å². The van der Waals surface area contributed by atoms with E-state index in [-0.39, 0.29) is 30.3 Å². The van der Waals surface area contributed by atoms with Crippen LogP contribution in [0, 0.1) is 5.41 Å². The van der Waals surface area contributed by atoms with Gasteiger partial charge in [-0.25, -0.2) is 9.78 Å². The van der Waals surface area contributed by atoms with Crippen molar-refractivity contribution in [3.63, 3.8) is 0 Å². The van der Waals surface area contributed by atoms with E-state index in [2.05, 4.69) is 15.0 Å². The first kappa shape index (κ1) is 20.8. The smallest absolute Gasteiger partial charge is 0.351 e. The molecule has 2 atom stereocenters. The van der Waals surface area contributed by atoms with Crippen LogP contribution in [-0.4, -0.2) is 54.3 Å². The molecule has 0 aliphatic carbocycles. The number of hydrogen-bond acceptors (Lipinski definition) is 9. The minimum Gasteiger partial charge on any atom is -0.478 e. The molecule has 1 unspecified atom stereocenters. The number of nitrogens with one attached hydrogen (secondary N) is 1. The number of hydrogen-bond donors (Lipinski definition) is 5. The summed E-state index contributed by atoms with van der Waals surface area (Å²) in [5.41, 5.74) is 8.11. The van der Waals surface area contributed by atoms with E-state index in [0.29, 0.717) is 0 Å². The molecule has 12 heteroatoms. The average molecular weight is 384 g/mol. The number of anilines is 1. The van der Waals surface area contributed by atoms with Gasteiger partial charge in [0.2, 0.25) is 11.7 Å². The fraction of sp³-hybridized carbons (Fsp3) is 0.600. The van der Waals surface area contributed by atoms with Gasteiger partial charge < -0.3 is 25.4 Å². The molecule has 0 aromatic carbocycles. The molecule has 0 fully saturated rings. The Morgan fingerprint density at radius 3 is 2.74 bits per heavy atom. The van der Waals surface area contributed by atoms with Gasteiger partial charge in [0, 0.05) is 5.41 Å². The third kappa shape index (κ3) is 4.24. The number of aromatic amines is 1. The van der Waals surface area contributed by atoms with Crippen LogP contribution in [0.15, 0.2) is 11.1 Å². The minimum atomic E-state index is -2.08. The lowest BCUT2D eigenvalue weighted by molar-refractivity contribution is -0.217. The third-order valence-corrected chi connectivity index (χ3v) is 4.22. The number of aliphatic hydroxyl groups excluding tert-OH is 1. The van der Waals surface area contributed by atoms with E-state index in [1.54, 1.807) is 13.8 Å². The summed E-state index contributed by atoms with van der Waals surface area (Å²) >= 11 is 0. The number of ether oxygens (including phenoxy) is 2. The molecule has 150 valence electrons. The summed E-state index contributed by atoms with van der Waals surface area (Å²) in [4.78, 5) is 33.6. The Morgan fingerprint density at radius 2 is 2.15 bits per heavy atom. The van der Waals surface area contributed by atoms with Crippen LogP contribution in [0.5, 0.6) is 0 Å². The highest BCUT2D eigenvalue weighted by atomic mass is 16.7. The fourth-order valence-corrected chi connectivity index (χ4v) is 2.77. The van der Waals surface area contributed by atoms with Crippen molar-refractivity contribution in [2.45, 2.75) is 45.8 Å². The van der Waals surface area contributed by atoms with E-state index in [1.807, 2.05) is 0 Å². The summed E-state index contributed by atoms with van der Waals surface area (Å²) in [5, 5.41) is 19.1. The first-order valence-corrected chi connectivity index (χ1v) is 8.10. The van der Waals surface area contributed by atoms with Gasteiger partial charge in [-0.15, -0.1) is 0 Å². The summed E-state index contributed by atoms with van der Waals surface area (Å²) in [6.07, 6.45) is 0.670. The number of H-pyrrole nitrogens is 1. The molecule has 0 aliphatic rings. The number of aliphatic carboxylic acids is 1. The zero-order valence-corrected chi connectivity index (χ0v) is 15.3. The standard InChI is InChI=1S/C15H24N6O6/c1-8(22)4-14(2,3)15(17,12(24)25)27-7-26-6-21-5-18-9-10(21)19-13(16)20-11(9)23/h5,8,22H,4,6-7,17H2,1-3H3,(H,24,25)(H3,16,19,20,23)/t8-,15?/m1/s1. The van der Waals surface area contributed by atoms with Crippen molar-refractivity contribution in [1.29, 1.82) is 0 Å². The topological polar surface area (TPSA) is 192 Å². The van der Waals surface area contributed by atoms with E-state index in [1.165, 1.54) is 17.8 Å². The van der Waals surface area contributed by atoms with Crippen molar-refractivity contribution >= 4 is 23.1 Å². The number of rotatable bonds is 9. The molecule has 0 radical (unpaired) electrons. The normalized spacial score (nSPS) is 15.6. The summed E-state index contributed by atoms with van der Waals surface area (Å²) in [6, 6.07) is 0. The van der Waals surface area contributed by atoms with Gasteiger partial charge in [-0.2, -0.15) is 4.98 Å². The Morgan fingerprint density at radius 1 is 1.48 bits per heavy atom. The van der Waals surface area contributed by atoms with E-state index in [9.17, 15) is 19.8 Å². The van der Waals surface area contributed by atoms with Crippen LogP contribution in [0.25, 0.3) is 11.2 Å². The van der Waals surface area contributed by atoms with Gasteiger partial charge in [0.05, 0.1) is 12.4 Å². The van der Waals surface area contributed by atoms with Crippen molar-refractivity contribution in [1.82, 2.24) is 19.5 Å². The largest absolute Gasteiger partial charge is 0.478 e. The Balaban J connectivity index is 2.06. The number of carboxylic acid groups (broad SMARTS) is 1. The highest BCUT2D eigenvalue weighted by molar-refractivity contribution is 5.77. The molecule has 7 N–H and O–H groups in total. The van der Waals surface area contributed by atoms with Gasteiger partial charge in [0.15, 0.2) is 18.0 Å². The summed E-state index contributed by atoms with van der Waals surface area (Å²) < 4.78 is 12.0. The quantitative estimate of drug-likeness (QED) is 0.270. The molecule has 0 bridgehead atoms. The first-order valence-electron chi connectivity index (χ1n) is 8.10. The molecule has 0 saturated carbocycles. The molecule has 0 saturated heterocycles. The zero-order valence-electron chi connectivity index (χ0n) is 15.3. The second-order valence-corrected chi connectivity index (χ2v) is 6.91. The lowest BCUT2D eigenvalue weighted by Gasteiger charge is -2.40. The first-order chi connectivity index (χ1) is 12.5. The number of aromatic nitrogens is 4. The lowest BCUT2D eigenvalue weighted by atomic mass is 9.77. The number of carbonyl (C=O) groups is 1. The molecule has 0 aliphatic heterocycles. The Hall–Kier alpha value is -2.54. The molecule has 2 heterocycles. The van der Waals surface area contributed by atoms with Crippen LogP contribution in [-0.2, 0) is 21.0 Å². The van der Waals surface area contributed by atoms with Gasteiger partial charge in [0.25, 0.3) is 5.56 Å². The van der Waals surface area contributed by atoms with Gasteiger partial charge in [-0.3, -0.25) is 20.1 Å². The van der Waals surface area contributed by atoms with E-state index < -0.39 is 35.6 Å². The van der Waals surface area contributed by atoms with Crippen molar-refractivity contribution in [2.75, 3.05) is 12.5 Å². The van der Waals surface area contributed by atoms with Gasteiger partial charge >= 0.3 is 5.97 Å². The van der Waals surface area contributed by atoms with E-state index in [0.717, 1.165) is 0 Å². The van der Waals surface area contributed by atoms with Crippen LogP contribution in [0.1, 0.15) is 27.2 Å². The van der Waals surface area contributed by atoms with Crippen molar-refractivity contribution in [2.24, 2.45) is 11.1 Å². The van der Waals surface area contributed by atoms with Crippen molar-refractivity contribution in [3.05, 3.63) is 16.7 Å². The SMILES string of the molecule is C[C@@H](O)CC(C)(C)C(N)(OCOCn1cnc2c(=O)[nH]c(N)nc21)C(=O)O. The summed E-state index contributed by atoms with van der Waals surface area (Å²) in [6.45, 7) is 4.11. The van der Waals surface area contributed by atoms with Crippen molar-refractivity contribution in [3.8, 4) is 0 Å². The zero-order chi connectivity index (χ0) is 20.4. The molecule has 12 nitrogen and oxygen atoms in total. The number of carboxylic acids is 1. The predicted molar refractivity (Wildman–Crippen MR) is 94.2 cm³/mol. The Kier molecular flexibility index (Phi) is 5.85. The van der Waals surface area contributed by atoms with Crippen LogP contribution < -0.4 is 17.0 Å². The van der Waals surface area contributed by atoms with Crippen molar-refractivity contribution < 1.29 is 24.5 Å². The van der Waals surface area contributed by atoms with Crippen LogP contribution in [0.4, 0.5) is 5.95 Å². The lowest BCUT2D eigenvalue weighted by Crippen LogP contribution is -2.61. The molecule has 0 amide bonds. The number of nitrogen functional groups attached to an aromatic ring is 1. The van der Waals surface area contributed by atoms with Gasteiger partial charge in [0.1, 0.15) is 6.73 Å². The third-order valence-electron chi connectivity index (χ3n) is 4.22. The summed E-state index contributed by atoms with van der Waals surface area (Å²) in [7, 11) is 0. The summed E-state index contributed by atoms with van der Waals surface area (Å²) in [5.74, 6) is -1.46. The molecule has 27 heavy (non-hydrogen) atoms. The minimum absolute atomic E-state index is 0.0720. The average Bonchev–Trinajstić information content (AvgIpc) is 2.92. The highest BCUT2D eigenvalue weighted by Gasteiger charge is 2.50. The molecule has 2 rings (SSSR count). The van der Waals surface area contributed by atoms with Gasteiger partial charge in [-0.1, -0.05) is 13.8 Å². The maximum atomic E-state index is 11.7. The molecule has 2 aromatic heterocycles. The molecule has 2 aromatic rings. The molecule has 0 spiro atoms. The molecular weight excluding hydrogens is 360 g/mol. The monoisotopic (exact) mass is 384 g/mol. The fourth-order valence-electron chi connectivity index (χ4n) is 2.77. The van der Waals surface area contributed by atoms with Crippen LogP contribution in [0.2, 0.25) is 0 Å².